The number of amides is 1. The van der Waals surface area contributed by atoms with Gasteiger partial charge < -0.3 is 15.0 Å². The minimum absolute atomic E-state index is 0.0960. The Labute approximate surface area is 150 Å². The number of carbonyl (C=O) groups excluding carboxylic acids is 1. The van der Waals surface area contributed by atoms with Gasteiger partial charge in [-0.05, 0) is 58.6 Å². The van der Waals surface area contributed by atoms with Crippen LogP contribution >= 0.6 is 0 Å². The first-order valence-corrected chi connectivity index (χ1v) is 9.14. The van der Waals surface area contributed by atoms with E-state index in [9.17, 15) is 9.18 Å². The van der Waals surface area contributed by atoms with Gasteiger partial charge in [0.15, 0.2) is 0 Å². The van der Waals surface area contributed by atoms with Crippen molar-refractivity contribution >= 4 is 6.09 Å². The molecule has 0 radical (unpaired) electrons. The third-order valence-electron chi connectivity index (χ3n) is 4.33. The molecule has 1 aliphatic rings. The third-order valence-corrected chi connectivity index (χ3v) is 4.33. The van der Waals surface area contributed by atoms with E-state index >= 15 is 0 Å². The lowest BCUT2D eigenvalue weighted by Crippen LogP contribution is -2.38. The first kappa shape index (κ1) is 19.6. The summed E-state index contributed by atoms with van der Waals surface area (Å²) in [6, 6.07) is 3.59. The van der Waals surface area contributed by atoms with Gasteiger partial charge in [-0.15, -0.1) is 0 Å². The van der Waals surface area contributed by atoms with Gasteiger partial charge in [-0.25, -0.2) is 9.18 Å². The number of aromatic nitrogens is 1. The highest BCUT2D eigenvalue weighted by Gasteiger charge is 2.26. The molecule has 2 atom stereocenters. The van der Waals surface area contributed by atoms with Crippen LogP contribution in [0.2, 0.25) is 0 Å². The summed E-state index contributed by atoms with van der Waals surface area (Å²) in [7, 11) is 0. The predicted octanol–water partition coefficient (Wildman–Crippen LogP) is 4.05. The minimum atomic E-state index is -0.470. The van der Waals surface area contributed by atoms with Crippen LogP contribution in [0.3, 0.4) is 0 Å². The number of carbonyl (C=O) groups is 1. The first-order valence-electron chi connectivity index (χ1n) is 9.14. The maximum atomic E-state index is 13.1. The molecule has 2 rings (SSSR count). The molecule has 6 heteroatoms. The Balaban J connectivity index is 1.91. The van der Waals surface area contributed by atoms with E-state index in [1.54, 1.807) is 11.0 Å². The molecule has 0 saturated carbocycles. The highest BCUT2D eigenvalue weighted by atomic mass is 19.1. The number of pyridine rings is 1. The van der Waals surface area contributed by atoms with Crippen LogP contribution in [0, 0.1) is 5.82 Å². The van der Waals surface area contributed by atoms with Crippen LogP contribution in [0.1, 0.15) is 65.1 Å². The van der Waals surface area contributed by atoms with E-state index in [1.807, 2.05) is 20.8 Å². The Morgan fingerprint density at radius 1 is 1.40 bits per heavy atom. The molecule has 1 aromatic rings. The van der Waals surface area contributed by atoms with E-state index in [1.165, 1.54) is 12.3 Å². The second kappa shape index (κ2) is 8.61. The predicted molar refractivity (Wildman–Crippen MR) is 95.8 cm³/mol. The molecule has 0 aromatic carbocycles. The van der Waals surface area contributed by atoms with E-state index in [4.69, 9.17) is 4.74 Å². The highest BCUT2D eigenvalue weighted by molar-refractivity contribution is 5.68. The summed E-state index contributed by atoms with van der Waals surface area (Å²) < 4.78 is 18.5. The van der Waals surface area contributed by atoms with E-state index in [0.29, 0.717) is 12.6 Å². The molecule has 2 unspecified atom stereocenters. The van der Waals surface area contributed by atoms with Crippen LogP contribution in [0.4, 0.5) is 9.18 Å². The number of rotatable bonds is 4. The number of hydrogen-bond acceptors (Lipinski definition) is 4. The van der Waals surface area contributed by atoms with E-state index in [2.05, 4.69) is 17.2 Å². The van der Waals surface area contributed by atoms with Crippen LogP contribution in [-0.4, -0.2) is 40.7 Å². The second-order valence-corrected chi connectivity index (χ2v) is 7.62. The molecular weight excluding hydrogens is 321 g/mol. The van der Waals surface area contributed by atoms with E-state index in [0.717, 1.165) is 37.9 Å². The molecule has 1 N–H and O–H groups in total. The van der Waals surface area contributed by atoms with Gasteiger partial charge in [-0.1, -0.05) is 6.92 Å². The van der Waals surface area contributed by atoms with E-state index in [-0.39, 0.29) is 18.0 Å². The Kier molecular flexibility index (Phi) is 6.76. The number of hydrogen-bond donors (Lipinski definition) is 1. The fraction of sp³-hybridized carbons (Fsp3) is 0.684. The Hall–Kier alpha value is -1.69. The summed E-state index contributed by atoms with van der Waals surface area (Å²) in [6.07, 6.45) is 4.71. The zero-order valence-electron chi connectivity index (χ0n) is 15.7. The van der Waals surface area contributed by atoms with E-state index < -0.39 is 5.60 Å². The number of ether oxygens (including phenoxy) is 1. The molecule has 1 aromatic heterocycles. The molecule has 140 valence electrons. The minimum Gasteiger partial charge on any atom is -0.444 e. The smallest absolute Gasteiger partial charge is 0.410 e. The largest absolute Gasteiger partial charge is 0.444 e. The third kappa shape index (κ3) is 6.27. The Bertz CT molecular complexity index is 557. The molecule has 1 saturated heterocycles. The molecule has 1 aliphatic heterocycles. The van der Waals surface area contributed by atoms with Crippen LogP contribution in [0.25, 0.3) is 0 Å². The summed E-state index contributed by atoms with van der Waals surface area (Å²) >= 11 is 0. The zero-order chi connectivity index (χ0) is 18.4. The lowest BCUT2D eigenvalue weighted by molar-refractivity contribution is 0.0256. The van der Waals surface area contributed by atoms with Crippen molar-refractivity contribution in [1.82, 2.24) is 15.2 Å². The van der Waals surface area contributed by atoms with Gasteiger partial charge >= 0.3 is 6.09 Å². The van der Waals surface area contributed by atoms with Crippen molar-refractivity contribution in [1.29, 1.82) is 0 Å². The van der Waals surface area contributed by atoms with Crippen LogP contribution in [-0.2, 0) is 4.74 Å². The summed E-state index contributed by atoms with van der Waals surface area (Å²) in [6.45, 7) is 9.14. The molecule has 25 heavy (non-hydrogen) atoms. The maximum Gasteiger partial charge on any atom is 0.410 e. The first-order chi connectivity index (χ1) is 11.8. The van der Waals surface area contributed by atoms with Crippen LogP contribution < -0.4 is 5.32 Å². The van der Waals surface area contributed by atoms with Gasteiger partial charge in [0.05, 0.1) is 11.9 Å². The van der Waals surface area contributed by atoms with Crippen LogP contribution in [0.5, 0.6) is 0 Å². The number of nitrogens with zero attached hydrogens (tertiary/aromatic N) is 2. The van der Waals surface area contributed by atoms with Crippen molar-refractivity contribution in [2.75, 3.05) is 13.1 Å². The van der Waals surface area contributed by atoms with Crippen molar-refractivity contribution in [2.24, 2.45) is 0 Å². The van der Waals surface area contributed by atoms with Gasteiger partial charge in [0.25, 0.3) is 0 Å². The second-order valence-electron chi connectivity index (χ2n) is 7.62. The van der Waals surface area contributed by atoms with Crippen molar-refractivity contribution < 1.29 is 13.9 Å². The molecule has 0 aliphatic carbocycles. The summed E-state index contributed by atoms with van der Waals surface area (Å²) in [4.78, 5) is 18.2. The fourth-order valence-corrected chi connectivity index (χ4v) is 3.06. The monoisotopic (exact) mass is 351 g/mol. The van der Waals surface area contributed by atoms with Crippen LogP contribution in [0.15, 0.2) is 18.3 Å². The fourth-order valence-electron chi connectivity index (χ4n) is 3.06. The number of nitrogens with one attached hydrogen (secondary N) is 1. The van der Waals surface area contributed by atoms with Gasteiger partial charge in [-0.3, -0.25) is 4.98 Å². The lowest BCUT2D eigenvalue weighted by Gasteiger charge is -2.27. The van der Waals surface area contributed by atoms with Gasteiger partial charge in [0.1, 0.15) is 11.4 Å². The summed E-state index contributed by atoms with van der Waals surface area (Å²) in [5.41, 5.74) is 0.389. The molecule has 0 spiro atoms. The van der Waals surface area contributed by atoms with Gasteiger partial charge in [0.2, 0.25) is 0 Å². The van der Waals surface area contributed by atoms with Gasteiger partial charge in [0, 0.05) is 25.2 Å². The van der Waals surface area contributed by atoms with Crippen molar-refractivity contribution in [3.8, 4) is 0 Å². The Morgan fingerprint density at radius 3 is 2.76 bits per heavy atom. The standard InChI is InChI=1S/C19H30FN3O2/c1-5-16(17-9-8-14(20)13-21-17)22-15-7-6-11-23(12-10-15)18(24)25-19(2,3)4/h8-9,13,15-16,22H,5-7,10-12H2,1-4H3. The lowest BCUT2D eigenvalue weighted by atomic mass is 10.0. The molecule has 5 nitrogen and oxygen atoms in total. The quantitative estimate of drug-likeness (QED) is 0.889. The van der Waals surface area contributed by atoms with Gasteiger partial charge in [-0.2, -0.15) is 0 Å². The molecule has 2 heterocycles. The van der Waals surface area contributed by atoms with Crippen molar-refractivity contribution in [3.05, 3.63) is 29.8 Å². The summed E-state index contributed by atoms with van der Waals surface area (Å²) in [5.74, 6) is -0.318. The summed E-state index contributed by atoms with van der Waals surface area (Å²) in [5, 5.41) is 3.63. The average Bonchev–Trinajstić information content (AvgIpc) is 2.77. The Morgan fingerprint density at radius 2 is 2.16 bits per heavy atom. The molecule has 1 fully saturated rings. The molecule has 0 bridgehead atoms. The normalized spacial score (nSPS) is 20.0. The van der Waals surface area contributed by atoms with Crippen molar-refractivity contribution in [2.45, 2.75) is 71.1 Å². The average molecular weight is 351 g/mol. The zero-order valence-corrected chi connectivity index (χ0v) is 15.7. The number of halogens is 1. The SMILES string of the molecule is CCC(NC1CCCN(C(=O)OC(C)(C)C)CC1)c1ccc(F)cn1. The maximum absolute atomic E-state index is 13.1. The number of likely N-dealkylation sites (tertiary alicyclic amines) is 1. The van der Waals surface area contributed by atoms with Crippen molar-refractivity contribution in [3.63, 3.8) is 0 Å². The highest BCUT2D eigenvalue weighted by Crippen LogP contribution is 2.20. The topological polar surface area (TPSA) is 54.5 Å². The molecular formula is C19H30FN3O2. The molecule has 1 amide bonds.